The van der Waals surface area contributed by atoms with E-state index in [1.54, 1.807) is 7.11 Å². The lowest BCUT2D eigenvalue weighted by Crippen LogP contribution is -2.12. The van der Waals surface area contributed by atoms with Gasteiger partial charge in [0.05, 0.1) is 21.5 Å². The number of nitrogens with two attached hydrogens (primary N) is 1. The van der Waals surface area contributed by atoms with Gasteiger partial charge in [0.1, 0.15) is 0 Å². The maximum atomic E-state index is 11.2. The summed E-state index contributed by atoms with van der Waals surface area (Å²) in [5.41, 5.74) is 0. The van der Waals surface area contributed by atoms with Crippen LogP contribution in [0.1, 0.15) is 6.42 Å². The van der Waals surface area contributed by atoms with Crippen LogP contribution in [0.4, 0.5) is 0 Å². The standard InChI is InChI=1S/C10H13Cl2NO4S/c1-16-3-2-4-17-10-8(11)5-7(6-9(10)12)18(13,14)15/h5-6H,2-4H2,1H3,(H2,13,14,15). The molecule has 0 radical (unpaired) electrons. The van der Waals surface area contributed by atoms with E-state index in [9.17, 15) is 8.42 Å². The van der Waals surface area contributed by atoms with E-state index < -0.39 is 10.0 Å². The molecule has 0 aliphatic carbocycles. The lowest BCUT2D eigenvalue weighted by atomic mass is 10.3. The Hall–Kier alpha value is -0.530. The molecule has 8 heteroatoms. The molecule has 0 amide bonds. The number of primary sulfonamides is 1. The van der Waals surface area contributed by atoms with Crippen LogP contribution in [0.2, 0.25) is 10.0 Å². The molecular weight excluding hydrogens is 301 g/mol. The van der Waals surface area contributed by atoms with E-state index >= 15 is 0 Å². The van der Waals surface area contributed by atoms with Crippen LogP contribution in [0.5, 0.6) is 5.75 Å². The van der Waals surface area contributed by atoms with Gasteiger partial charge in [-0.1, -0.05) is 23.2 Å². The minimum absolute atomic E-state index is 0.101. The zero-order valence-corrected chi connectivity index (χ0v) is 12.0. The Balaban J connectivity index is 2.88. The van der Waals surface area contributed by atoms with Gasteiger partial charge in [-0.25, -0.2) is 13.6 Å². The van der Waals surface area contributed by atoms with Crippen molar-refractivity contribution in [2.24, 2.45) is 5.14 Å². The van der Waals surface area contributed by atoms with Crippen LogP contribution in [-0.2, 0) is 14.8 Å². The van der Waals surface area contributed by atoms with Crippen LogP contribution in [0.25, 0.3) is 0 Å². The highest BCUT2D eigenvalue weighted by molar-refractivity contribution is 7.89. The largest absolute Gasteiger partial charge is 0.490 e. The Morgan fingerprint density at radius 3 is 2.22 bits per heavy atom. The van der Waals surface area contributed by atoms with E-state index in [0.717, 1.165) is 0 Å². The van der Waals surface area contributed by atoms with Crippen molar-refractivity contribution in [1.82, 2.24) is 0 Å². The molecule has 2 N–H and O–H groups in total. The average Bonchev–Trinajstić information content (AvgIpc) is 2.25. The number of hydrogen-bond donors (Lipinski definition) is 1. The molecule has 0 aliphatic heterocycles. The number of benzene rings is 1. The van der Waals surface area contributed by atoms with Gasteiger partial charge in [0.25, 0.3) is 0 Å². The maximum Gasteiger partial charge on any atom is 0.238 e. The van der Waals surface area contributed by atoms with Crippen LogP contribution in [-0.4, -0.2) is 28.7 Å². The normalized spacial score (nSPS) is 11.6. The molecule has 0 bridgehead atoms. The first-order valence-electron chi connectivity index (χ1n) is 5.00. The summed E-state index contributed by atoms with van der Waals surface area (Å²) in [5.74, 6) is 0.238. The van der Waals surface area contributed by atoms with Gasteiger partial charge in [0.15, 0.2) is 5.75 Å². The minimum Gasteiger partial charge on any atom is -0.490 e. The molecule has 1 rings (SSSR count). The third kappa shape index (κ3) is 4.29. The maximum absolute atomic E-state index is 11.2. The topological polar surface area (TPSA) is 78.6 Å². The van der Waals surface area contributed by atoms with E-state index in [1.807, 2.05) is 0 Å². The molecule has 18 heavy (non-hydrogen) atoms. The summed E-state index contributed by atoms with van der Waals surface area (Å²) in [6, 6.07) is 2.41. The van der Waals surface area contributed by atoms with Crippen molar-refractivity contribution in [3.63, 3.8) is 0 Å². The van der Waals surface area contributed by atoms with Crippen molar-refractivity contribution in [3.8, 4) is 5.75 Å². The second-order valence-corrected chi connectivity index (χ2v) is 5.83. The number of methoxy groups -OCH3 is 1. The molecule has 0 atom stereocenters. The molecule has 0 saturated carbocycles. The fraction of sp³-hybridized carbons (Fsp3) is 0.400. The third-order valence-corrected chi connectivity index (χ3v) is 3.49. The van der Waals surface area contributed by atoms with Crippen LogP contribution < -0.4 is 9.88 Å². The van der Waals surface area contributed by atoms with Gasteiger partial charge in [-0.05, 0) is 12.1 Å². The smallest absolute Gasteiger partial charge is 0.238 e. The molecule has 0 heterocycles. The Morgan fingerprint density at radius 2 is 1.78 bits per heavy atom. The van der Waals surface area contributed by atoms with Gasteiger partial charge in [0, 0.05) is 20.1 Å². The van der Waals surface area contributed by atoms with Crippen molar-refractivity contribution in [3.05, 3.63) is 22.2 Å². The van der Waals surface area contributed by atoms with Crippen molar-refractivity contribution in [1.29, 1.82) is 0 Å². The summed E-state index contributed by atoms with van der Waals surface area (Å²) < 4.78 is 32.5. The number of rotatable bonds is 6. The van der Waals surface area contributed by atoms with Crippen molar-refractivity contribution >= 4 is 33.2 Å². The first-order valence-corrected chi connectivity index (χ1v) is 7.30. The highest BCUT2D eigenvalue weighted by Crippen LogP contribution is 2.35. The van der Waals surface area contributed by atoms with Gasteiger partial charge >= 0.3 is 0 Å². The Labute approximate surface area is 116 Å². The highest BCUT2D eigenvalue weighted by Gasteiger charge is 2.15. The number of halogens is 2. The van der Waals surface area contributed by atoms with Crippen LogP contribution in [0.3, 0.4) is 0 Å². The summed E-state index contributed by atoms with van der Waals surface area (Å²) in [4.78, 5) is -0.151. The average molecular weight is 314 g/mol. The van der Waals surface area contributed by atoms with Crippen LogP contribution in [0, 0.1) is 0 Å². The quantitative estimate of drug-likeness (QED) is 0.815. The van der Waals surface area contributed by atoms with Gasteiger partial charge in [-0.3, -0.25) is 0 Å². The number of sulfonamides is 1. The Kier molecular flexibility index (Phi) is 5.68. The molecule has 0 saturated heterocycles. The first-order chi connectivity index (χ1) is 8.36. The SMILES string of the molecule is COCCCOc1c(Cl)cc(S(N)(=O)=O)cc1Cl. The predicted molar refractivity (Wildman–Crippen MR) is 69.8 cm³/mol. The van der Waals surface area contributed by atoms with E-state index in [4.69, 9.17) is 37.8 Å². The van der Waals surface area contributed by atoms with Crippen LogP contribution in [0.15, 0.2) is 17.0 Å². The van der Waals surface area contributed by atoms with Crippen molar-refractivity contribution in [2.45, 2.75) is 11.3 Å². The number of ether oxygens (including phenoxy) is 2. The molecule has 0 unspecified atom stereocenters. The summed E-state index contributed by atoms with van der Waals surface area (Å²) in [7, 11) is -2.25. The monoisotopic (exact) mass is 313 g/mol. The van der Waals surface area contributed by atoms with Gasteiger partial charge in [-0.2, -0.15) is 0 Å². The minimum atomic E-state index is -3.84. The van der Waals surface area contributed by atoms with E-state index in [2.05, 4.69) is 0 Å². The summed E-state index contributed by atoms with van der Waals surface area (Å²) in [6.45, 7) is 0.909. The molecule has 0 spiro atoms. The fourth-order valence-corrected chi connectivity index (χ4v) is 2.51. The van der Waals surface area contributed by atoms with Gasteiger partial charge in [-0.15, -0.1) is 0 Å². The Bertz CT molecular complexity index is 496. The summed E-state index contributed by atoms with van der Waals surface area (Å²) in [5, 5.41) is 5.18. The molecule has 1 aromatic rings. The molecule has 0 aromatic heterocycles. The molecule has 1 aromatic carbocycles. The predicted octanol–water partition coefficient (Wildman–Crippen LogP) is 2.06. The third-order valence-electron chi connectivity index (χ3n) is 2.04. The van der Waals surface area contributed by atoms with Crippen molar-refractivity contribution in [2.75, 3.05) is 20.3 Å². The summed E-state index contributed by atoms with van der Waals surface area (Å²) >= 11 is 11.8. The fourth-order valence-electron chi connectivity index (χ4n) is 1.22. The van der Waals surface area contributed by atoms with Gasteiger partial charge < -0.3 is 9.47 Å². The van der Waals surface area contributed by atoms with E-state index in [1.165, 1.54) is 12.1 Å². The molecule has 102 valence electrons. The molecule has 0 fully saturated rings. The highest BCUT2D eigenvalue weighted by atomic mass is 35.5. The molecule has 0 aliphatic rings. The van der Waals surface area contributed by atoms with Gasteiger partial charge in [0.2, 0.25) is 10.0 Å². The van der Waals surface area contributed by atoms with Crippen molar-refractivity contribution < 1.29 is 17.9 Å². The zero-order valence-electron chi connectivity index (χ0n) is 9.65. The van der Waals surface area contributed by atoms with E-state index in [-0.39, 0.29) is 20.7 Å². The number of hydrogen-bond acceptors (Lipinski definition) is 4. The molecule has 5 nitrogen and oxygen atoms in total. The second-order valence-electron chi connectivity index (χ2n) is 3.46. The first kappa shape index (κ1) is 15.5. The molecular formula is C10H13Cl2NO4S. The van der Waals surface area contributed by atoms with E-state index in [0.29, 0.717) is 19.6 Å². The zero-order chi connectivity index (χ0) is 13.8. The van der Waals surface area contributed by atoms with Crippen LogP contribution >= 0.6 is 23.2 Å². The lowest BCUT2D eigenvalue weighted by Gasteiger charge is -2.11. The summed E-state index contributed by atoms with van der Waals surface area (Å²) in [6.07, 6.45) is 0.667. The Morgan fingerprint density at radius 1 is 1.22 bits per heavy atom. The lowest BCUT2D eigenvalue weighted by molar-refractivity contribution is 0.172. The second kappa shape index (κ2) is 6.58.